The quantitative estimate of drug-likeness (QED) is 0.0430. The predicted octanol–water partition coefficient (Wildman–Crippen LogP) is 1.26. The predicted molar refractivity (Wildman–Crippen MR) is 242 cm³/mol. The van der Waals surface area contributed by atoms with Crippen LogP contribution in [0, 0.1) is 0 Å². The number of benzene rings is 1. The van der Waals surface area contributed by atoms with Crippen molar-refractivity contribution < 1.29 is 53.3 Å². The van der Waals surface area contributed by atoms with Gasteiger partial charge in [-0.05, 0) is 50.7 Å². The summed E-state index contributed by atoms with van der Waals surface area (Å²) in [5, 5.41) is 35.9. The lowest BCUT2D eigenvalue weighted by atomic mass is 10.0. The zero-order valence-electron chi connectivity index (χ0n) is 37.5. The van der Waals surface area contributed by atoms with Crippen molar-refractivity contribution in [2.75, 3.05) is 19.7 Å². The normalized spacial score (nSPS) is 20.3. The molecule has 6 atom stereocenters. The number of amides is 7. The minimum absolute atomic E-state index is 0.0129. The Hall–Kier alpha value is -6.08. The van der Waals surface area contributed by atoms with Crippen molar-refractivity contribution in [3.05, 3.63) is 60.3 Å². The molecule has 65 heavy (non-hydrogen) atoms. The lowest BCUT2D eigenvalue weighted by molar-refractivity contribution is -0.152. The third-order valence-corrected chi connectivity index (χ3v) is 10.8. The average molecular weight is 909 g/mol. The Bertz CT molecular complexity index is 1950. The maximum atomic E-state index is 13.7. The number of unbranched alkanes of at least 4 members (excludes halogenated alkanes) is 7. The Labute approximate surface area is 379 Å². The van der Waals surface area contributed by atoms with Crippen LogP contribution in [0.15, 0.2) is 54.8 Å². The molecule has 0 bridgehead atoms. The lowest BCUT2D eigenvalue weighted by Crippen LogP contribution is -2.58. The van der Waals surface area contributed by atoms with Crippen molar-refractivity contribution in [1.82, 2.24) is 36.9 Å². The van der Waals surface area contributed by atoms with Crippen LogP contribution in [0.4, 0.5) is 0 Å². The van der Waals surface area contributed by atoms with E-state index in [4.69, 9.17) is 10.5 Å². The number of ether oxygens (including phenoxy) is 1. The number of rotatable bonds is 23. The van der Waals surface area contributed by atoms with Crippen LogP contribution in [0.1, 0.15) is 109 Å². The Kier molecular flexibility index (Phi) is 24.1. The molecule has 0 aliphatic carbocycles. The fourth-order valence-electron chi connectivity index (χ4n) is 7.09. The molecule has 1 aromatic heterocycles. The van der Waals surface area contributed by atoms with E-state index in [1.807, 2.05) is 36.4 Å². The van der Waals surface area contributed by atoms with E-state index in [9.17, 15) is 48.6 Å². The molecule has 358 valence electrons. The van der Waals surface area contributed by atoms with E-state index in [0.29, 0.717) is 18.4 Å². The number of aliphatic hydroxyl groups is 2. The molecule has 1 fully saturated rings. The molecule has 1 aromatic carbocycles. The number of nitrogens with two attached hydrogens (primary N) is 1. The number of aromatic nitrogens is 1. The highest BCUT2D eigenvalue weighted by molar-refractivity contribution is 5.95. The zero-order chi connectivity index (χ0) is 47.6. The summed E-state index contributed by atoms with van der Waals surface area (Å²) in [4.78, 5) is 108. The van der Waals surface area contributed by atoms with Crippen LogP contribution in [0.25, 0.3) is 10.9 Å². The van der Waals surface area contributed by atoms with Crippen LogP contribution < -0.4 is 37.6 Å². The number of aromatic amines is 1. The Morgan fingerprint density at radius 2 is 1.65 bits per heavy atom. The summed E-state index contributed by atoms with van der Waals surface area (Å²) >= 11 is 0. The number of fused-ring (bicyclic) bond motifs is 1. The third-order valence-electron chi connectivity index (χ3n) is 10.8. The number of carbonyl (C=O) groups is 8. The molecule has 19 heteroatoms. The molecule has 2 heterocycles. The summed E-state index contributed by atoms with van der Waals surface area (Å²) in [6.07, 6.45) is 15.6. The number of hydrogen-bond donors (Lipinski definition) is 10. The summed E-state index contributed by atoms with van der Waals surface area (Å²) in [6.45, 7) is 1.59. The highest BCUT2D eigenvalue weighted by atomic mass is 16.5. The second kappa shape index (κ2) is 29.4. The number of primary amides is 1. The van der Waals surface area contributed by atoms with E-state index in [1.165, 1.54) is 19.8 Å². The first kappa shape index (κ1) is 53.3. The number of H-pyrrole nitrogens is 1. The van der Waals surface area contributed by atoms with Crippen LogP contribution in [-0.2, 0) is 49.5 Å². The van der Waals surface area contributed by atoms with Gasteiger partial charge in [-0.15, -0.1) is 0 Å². The SMILES string of the molecule is CCCCC/C=C/C=C/C(O)CCCCCCCC(=O)N[C@H](CCC(N)=O)C(=O)N[C@@H]1C(=O)NCCC(=O)N[C@H](Cc2c[nH]c3ccccc23)C(=O)N[C@H](CO)C(=O)NCC(=O)O[C@@H]1C. The van der Waals surface area contributed by atoms with Crippen LogP contribution in [0.5, 0.6) is 0 Å². The van der Waals surface area contributed by atoms with E-state index < -0.39 is 96.8 Å². The van der Waals surface area contributed by atoms with Gasteiger partial charge in [-0.25, -0.2) is 0 Å². The molecular weight excluding hydrogens is 841 g/mol. The summed E-state index contributed by atoms with van der Waals surface area (Å²) in [7, 11) is 0. The maximum absolute atomic E-state index is 13.7. The monoisotopic (exact) mass is 909 g/mol. The highest BCUT2D eigenvalue weighted by Gasteiger charge is 2.34. The molecule has 7 amide bonds. The van der Waals surface area contributed by atoms with Crippen LogP contribution in [0.2, 0.25) is 0 Å². The summed E-state index contributed by atoms with van der Waals surface area (Å²) in [6, 6.07) is 1.66. The van der Waals surface area contributed by atoms with Gasteiger partial charge in [-0.2, -0.15) is 0 Å². The van der Waals surface area contributed by atoms with E-state index in [-0.39, 0.29) is 38.6 Å². The molecule has 1 aliphatic heterocycles. The molecule has 2 aromatic rings. The number of cyclic esters (lactones) is 1. The molecule has 19 nitrogen and oxygen atoms in total. The van der Waals surface area contributed by atoms with E-state index in [1.54, 1.807) is 12.3 Å². The zero-order valence-corrected chi connectivity index (χ0v) is 37.5. The average Bonchev–Trinajstić information content (AvgIpc) is 3.68. The van der Waals surface area contributed by atoms with Crippen molar-refractivity contribution >= 4 is 58.2 Å². The molecule has 0 saturated carbocycles. The summed E-state index contributed by atoms with van der Waals surface area (Å²) in [5.41, 5.74) is 6.82. The minimum Gasteiger partial charge on any atom is -0.459 e. The molecule has 0 radical (unpaired) electrons. The first-order chi connectivity index (χ1) is 31.2. The molecule has 1 unspecified atom stereocenters. The molecule has 3 rings (SSSR count). The third kappa shape index (κ3) is 20.1. The maximum Gasteiger partial charge on any atom is 0.325 e. The second-order valence-electron chi connectivity index (χ2n) is 16.2. The van der Waals surface area contributed by atoms with Crippen molar-refractivity contribution in [3.8, 4) is 0 Å². The van der Waals surface area contributed by atoms with E-state index >= 15 is 0 Å². The number of aliphatic hydroxyl groups excluding tert-OH is 2. The molecule has 0 spiro atoms. The standard InChI is InChI=1S/C46H68N8O11/c1-3-4-5-6-7-9-12-17-32(56)18-13-10-8-11-14-21-39(58)51-35(22-23-38(47)57)44(62)54-42-30(2)65-41(60)28-50-43(61)37(29-55)53-45(63)36(52-40(59)24-25-48-46(42)64)26-31-27-49-34-20-16-15-19-33(31)34/h7,9,12,15-17,19-20,27,30,32,35-37,42,49,55-56H,3-6,8,10-11,13-14,18,21-26,28-29H2,1-2H3,(H2,47,57)(H,48,64)(H,50,61)(H,51,58)(H,52,59)(H,53,63)(H,54,62)/b9-7+,17-12+/t30-,32?,35-,36-,37-,42+/m1/s1. The first-order valence-electron chi connectivity index (χ1n) is 22.6. The number of para-hydroxylation sites is 1. The number of allylic oxidation sites excluding steroid dienone is 3. The lowest BCUT2D eigenvalue weighted by Gasteiger charge is -2.27. The second-order valence-corrected chi connectivity index (χ2v) is 16.2. The molecule has 1 aliphatic rings. The van der Waals surface area contributed by atoms with E-state index in [0.717, 1.165) is 49.4 Å². The van der Waals surface area contributed by atoms with E-state index in [2.05, 4.69) is 49.9 Å². The Morgan fingerprint density at radius 1 is 0.892 bits per heavy atom. The van der Waals surface area contributed by atoms with Crippen LogP contribution >= 0.6 is 0 Å². The largest absolute Gasteiger partial charge is 0.459 e. The highest BCUT2D eigenvalue weighted by Crippen LogP contribution is 2.19. The number of hydrogen-bond acceptors (Lipinski definition) is 11. The van der Waals surface area contributed by atoms with Gasteiger partial charge in [0.2, 0.25) is 41.4 Å². The first-order valence-corrected chi connectivity index (χ1v) is 22.6. The van der Waals surface area contributed by atoms with Crippen molar-refractivity contribution in [3.63, 3.8) is 0 Å². The Balaban J connectivity index is 1.63. The van der Waals surface area contributed by atoms with Gasteiger partial charge in [-0.3, -0.25) is 38.4 Å². The topological polar surface area (TPSA) is 300 Å². The van der Waals surface area contributed by atoms with Crippen LogP contribution in [-0.4, -0.2) is 119 Å². The van der Waals surface area contributed by atoms with Gasteiger partial charge in [0.05, 0.1) is 12.7 Å². The van der Waals surface area contributed by atoms with Gasteiger partial charge in [0.15, 0.2) is 0 Å². The molecular formula is C46H68N8O11. The van der Waals surface area contributed by atoms with Gasteiger partial charge >= 0.3 is 5.97 Å². The smallest absolute Gasteiger partial charge is 0.325 e. The number of carbonyl (C=O) groups excluding carboxylic acids is 8. The molecule has 1 saturated heterocycles. The number of esters is 1. The van der Waals surface area contributed by atoms with Gasteiger partial charge in [0.25, 0.3) is 0 Å². The summed E-state index contributed by atoms with van der Waals surface area (Å²) in [5.74, 6) is -6.39. The van der Waals surface area contributed by atoms with Crippen LogP contribution in [0.3, 0.4) is 0 Å². The fraction of sp³-hybridized carbons (Fsp3) is 0.565. The van der Waals surface area contributed by atoms with Gasteiger partial charge in [-0.1, -0.05) is 88.0 Å². The molecule has 11 N–H and O–H groups in total. The number of nitrogens with one attached hydrogen (secondary N) is 7. The minimum atomic E-state index is -1.59. The Morgan fingerprint density at radius 3 is 2.40 bits per heavy atom. The fourth-order valence-corrected chi connectivity index (χ4v) is 7.09. The van der Waals surface area contributed by atoms with Crippen molar-refractivity contribution in [1.29, 1.82) is 0 Å². The van der Waals surface area contributed by atoms with Crippen molar-refractivity contribution in [2.45, 2.75) is 147 Å². The van der Waals surface area contributed by atoms with Crippen molar-refractivity contribution in [2.24, 2.45) is 5.73 Å². The van der Waals surface area contributed by atoms with Gasteiger partial charge in [0, 0.05) is 49.3 Å². The summed E-state index contributed by atoms with van der Waals surface area (Å²) < 4.78 is 5.39. The van der Waals surface area contributed by atoms with Gasteiger partial charge in [0.1, 0.15) is 36.8 Å². The van der Waals surface area contributed by atoms with Gasteiger partial charge < -0.3 is 57.6 Å².